The average Bonchev–Trinajstić information content (AvgIpc) is 2.82. The highest BCUT2D eigenvalue weighted by Crippen LogP contribution is 2.54. The first-order valence-electron chi connectivity index (χ1n) is 6.87. The van der Waals surface area contributed by atoms with Gasteiger partial charge in [-0.25, -0.2) is 13.1 Å². The Morgan fingerprint density at radius 3 is 1.52 bits per heavy atom. The third-order valence-corrected chi connectivity index (χ3v) is 7.67. The van der Waals surface area contributed by atoms with Crippen LogP contribution in [0.5, 0.6) is 0 Å². The zero-order valence-electron chi connectivity index (χ0n) is 11.3. The van der Waals surface area contributed by atoms with Crippen LogP contribution >= 0.6 is 31.9 Å². The molecule has 8 atom stereocenters. The Hall–Kier alpha value is -1.08. The minimum Gasteiger partial charge on any atom is -0.297 e. The molecule has 0 aromatic carbocycles. The van der Waals surface area contributed by atoms with Gasteiger partial charge in [-0.15, -0.1) is 0 Å². The largest absolute Gasteiger partial charge is 0.310 e. The number of halogens is 2. The molecule has 2 aliphatic rings. The van der Waals surface area contributed by atoms with Crippen LogP contribution in [0.2, 0.25) is 0 Å². The van der Waals surface area contributed by atoms with E-state index in [-0.39, 0.29) is 23.7 Å². The molecule has 2 rings (SSSR count). The predicted octanol–water partition coefficient (Wildman–Crippen LogP) is 3.80. The van der Waals surface area contributed by atoms with Gasteiger partial charge in [-0.3, -0.25) is 9.69 Å². The number of fused-ring (bicyclic) bond motifs is 1. The number of rotatable bonds is 2. The quantitative estimate of drug-likeness (QED) is 0.514. The van der Waals surface area contributed by atoms with E-state index in [2.05, 4.69) is 53.7 Å². The minimum atomic E-state index is -0.654. The second kappa shape index (κ2) is 6.79. The fourth-order valence-corrected chi connectivity index (χ4v) is 5.28. The lowest BCUT2D eigenvalue weighted by atomic mass is 9.73. The zero-order chi connectivity index (χ0) is 15.6. The van der Waals surface area contributed by atoms with Crippen LogP contribution in [0.4, 0.5) is 0 Å². The van der Waals surface area contributed by atoms with Gasteiger partial charge in [0.05, 0.1) is 11.8 Å². The van der Waals surface area contributed by atoms with Gasteiger partial charge in [0.1, 0.15) is 0 Å². The van der Waals surface area contributed by atoms with Crippen molar-refractivity contribution in [1.29, 1.82) is 10.5 Å². The van der Waals surface area contributed by atoms with Crippen molar-refractivity contribution in [1.82, 2.24) is 0 Å². The Kier molecular flexibility index (Phi) is 5.27. The lowest BCUT2D eigenvalue weighted by Crippen LogP contribution is -2.37. The van der Waals surface area contributed by atoms with Crippen molar-refractivity contribution in [3.05, 3.63) is 22.8 Å². The van der Waals surface area contributed by atoms with Gasteiger partial charge in [0.15, 0.2) is 12.1 Å². The van der Waals surface area contributed by atoms with E-state index in [0.717, 1.165) is 12.8 Å². The van der Waals surface area contributed by atoms with Crippen molar-refractivity contribution in [3.8, 4) is 12.1 Å². The smallest absolute Gasteiger partial charge is 0.297 e. The first-order valence-corrected chi connectivity index (χ1v) is 8.71. The molecule has 2 fully saturated rings. The summed E-state index contributed by atoms with van der Waals surface area (Å²) in [5, 5.41) is 18.4. The molecule has 0 radical (unpaired) electrons. The lowest BCUT2D eigenvalue weighted by molar-refractivity contribution is 0.212. The highest BCUT2D eigenvalue weighted by Gasteiger charge is 2.56. The summed E-state index contributed by atoms with van der Waals surface area (Å²) >= 11 is 7.34. The van der Waals surface area contributed by atoms with Crippen molar-refractivity contribution >= 4 is 31.9 Å². The van der Waals surface area contributed by atoms with Crippen LogP contribution in [0, 0.1) is 59.5 Å². The summed E-state index contributed by atoms with van der Waals surface area (Å²) in [7, 11) is 0. The van der Waals surface area contributed by atoms with Crippen molar-refractivity contribution < 1.29 is 0 Å². The molecular weight excluding hydrogens is 396 g/mol. The molecule has 0 aromatic rings. The highest BCUT2D eigenvalue weighted by molar-refractivity contribution is 9.12. The van der Waals surface area contributed by atoms with Crippen LogP contribution in [0.25, 0.3) is 9.69 Å². The summed E-state index contributed by atoms with van der Waals surface area (Å²) in [6.07, 6.45) is 2.44. The minimum absolute atomic E-state index is 0.0138. The van der Waals surface area contributed by atoms with E-state index in [4.69, 9.17) is 13.1 Å². The van der Waals surface area contributed by atoms with Crippen molar-refractivity contribution in [2.75, 3.05) is 0 Å². The maximum Gasteiger partial charge on any atom is 0.310 e. The number of alkyl halides is 2. The molecule has 0 bridgehead atoms. The van der Waals surface area contributed by atoms with E-state index < -0.39 is 12.1 Å². The Balaban J connectivity index is 2.32. The number of nitriles is 2. The number of hydrogen-bond acceptors (Lipinski definition) is 2. The van der Waals surface area contributed by atoms with Gasteiger partial charge in [0.2, 0.25) is 0 Å². The second-order valence-electron chi connectivity index (χ2n) is 5.80. The Morgan fingerprint density at radius 2 is 1.24 bits per heavy atom. The fourth-order valence-electron chi connectivity index (χ4n) is 3.98. The predicted molar refractivity (Wildman–Crippen MR) is 85.2 cm³/mol. The Bertz CT molecular complexity index is 486. The van der Waals surface area contributed by atoms with Crippen LogP contribution in [0.3, 0.4) is 0 Å². The molecule has 2 saturated carbocycles. The summed E-state index contributed by atoms with van der Waals surface area (Å²) in [5.74, 6) is 0.481. The second-order valence-corrected chi connectivity index (χ2v) is 8.15. The highest BCUT2D eigenvalue weighted by atomic mass is 79.9. The molecule has 0 amide bonds. The molecule has 21 heavy (non-hydrogen) atoms. The Labute approximate surface area is 142 Å². The van der Waals surface area contributed by atoms with Crippen LogP contribution in [-0.4, -0.2) is 21.7 Å². The zero-order valence-corrected chi connectivity index (χ0v) is 14.5. The molecule has 6 heteroatoms. The maximum atomic E-state index is 9.22. The normalized spacial score (nSPS) is 40.7. The summed E-state index contributed by atoms with van der Waals surface area (Å²) in [5.41, 5.74) is 0. The van der Waals surface area contributed by atoms with E-state index >= 15 is 0 Å². The molecule has 8 unspecified atom stereocenters. The third-order valence-electron chi connectivity index (χ3n) is 4.94. The van der Waals surface area contributed by atoms with Crippen LogP contribution in [-0.2, 0) is 0 Å². The van der Waals surface area contributed by atoms with Crippen LogP contribution in [0.15, 0.2) is 0 Å². The van der Waals surface area contributed by atoms with Gasteiger partial charge >= 0.3 is 12.1 Å². The molecule has 0 heterocycles. The molecule has 2 aliphatic carbocycles. The van der Waals surface area contributed by atoms with Crippen molar-refractivity contribution in [2.24, 2.45) is 23.7 Å². The summed E-state index contributed by atoms with van der Waals surface area (Å²) in [6, 6.07) is 2.91. The Morgan fingerprint density at radius 1 is 0.857 bits per heavy atom. The van der Waals surface area contributed by atoms with E-state index in [1.165, 1.54) is 0 Å². The lowest BCUT2D eigenvalue weighted by Gasteiger charge is -2.36. The summed E-state index contributed by atoms with van der Waals surface area (Å²) in [4.78, 5) is 7.58. The SMILES string of the molecule is [C-]#[N+]C(C#N)C1CC(C(C#N)[N+]#[C-])C2CC(Br)C(Br)CC12. The van der Waals surface area contributed by atoms with E-state index in [1.807, 2.05) is 0 Å². The summed E-state index contributed by atoms with van der Waals surface area (Å²) in [6.45, 7) is 14.5. The van der Waals surface area contributed by atoms with Gasteiger partial charge in [0, 0.05) is 9.65 Å². The van der Waals surface area contributed by atoms with E-state index in [1.54, 1.807) is 0 Å². The van der Waals surface area contributed by atoms with Gasteiger partial charge < -0.3 is 0 Å². The van der Waals surface area contributed by atoms with Crippen molar-refractivity contribution in [2.45, 2.75) is 41.0 Å². The molecular formula is C15H14Br2N4. The molecule has 0 aliphatic heterocycles. The van der Waals surface area contributed by atoms with Crippen LogP contribution in [0.1, 0.15) is 19.3 Å². The first kappa shape index (κ1) is 16.3. The maximum absolute atomic E-state index is 9.22. The molecule has 0 spiro atoms. The van der Waals surface area contributed by atoms with Crippen LogP contribution < -0.4 is 0 Å². The third kappa shape index (κ3) is 2.94. The standard InChI is InChI=1S/C15H14Br2N4/c1-20-14(6-18)10-3-11(15(7-19)21-2)9-5-13(17)12(16)4-8(9)10/h8-15H,3-5H2. The summed E-state index contributed by atoms with van der Waals surface area (Å²) < 4.78 is 0. The average molecular weight is 410 g/mol. The molecule has 108 valence electrons. The molecule has 0 aromatic heterocycles. The van der Waals surface area contributed by atoms with E-state index in [9.17, 15) is 10.5 Å². The first-order chi connectivity index (χ1) is 10.1. The van der Waals surface area contributed by atoms with E-state index in [0.29, 0.717) is 16.1 Å². The fraction of sp³-hybridized carbons (Fsp3) is 0.733. The monoisotopic (exact) mass is 408 g/mol. The van der Waals surface area contributed by atoms with Gasteiger partial charge in [-0.05, 0) is 31.1 Å². The van der Waals surface area contributed by atoms with Gasteiger partial charge in [0.25, 0.3) is 0 Å². The molecule has 4 nitrogen and oxygen atoms in total. The van der Waals surface area contributed by atoms with Crippen molar-refractivity contribution in [3.63, 3.8) is 0 Å². The molecule has 0 N–H and O–H groups in total. The van der Waals surface area contributed by atoms with Gasteiger partial charge in [-0.2, -0.15) is 10.5 Å². The van der Waals surface area contributed by atoms with Gasteiger partial charge in [-0.1, -0.05) is 31.9 Å². The molecule has 0 saturated heterocycles. The topological polar surface area (TPSA) is 56.3 Å². The number of hydrogen-bond donors (Lipinski definition) is 0. The number of nitrogens with zero attached hydrogens (tertiary/aromatic N) is 4.